The third kappa shape index (κ3) is 2.34. The second-order valence-corrected chi connectivity index (χ2v) is 5.32. The first-order valence-electron chi connectivity index (χ1n) is 6.85. The van der Waals surface area contributed by atoms with Crippen LogP contribution in [0.15, 0.2) is 29.1 Å². The van der Waals surface area contributed by atoms with E-state index in [2.05, 4.69) is 10.2 Å². The maximum absolute atomic E-state index is 11.8. The maximum Gasteiger partial charge on any atom is 0.343 e. The van der Waals surface area contributed by atoms with E-state index in [0.29, 0.717) is 12.2 Å². The van der Waals surface area contributed by atoms with Gasteiger partial charge in [0.2, 0.25) is 0 Å². The van der Waals surface area contributed by atoms with Crippen molar-refractivity contribution in [3.63, 3.8) is 0 Å². The molecule has 0 aliphatic heterocycles. The highest BCUT2D eigenvalue weighted by molar-refractivity contribution is 5.26. The van der Waals surface area contributed by atoms with Gasteiger partial charge in [-0.05, 0) is 43.4 Å². The molecule has 1 fully saturated rings. The molecule has 1 aromatic heterocycles. The fourth-order valence-corrected chi connectivity index (χ4v) is 2.55. The smallest absolute Gasteiger partial charge is 0.343 e. The van der Waals surface area contributed by atoms with Gasteiger partial charge in [-0.2, -0.15) is 5.10 Å². The fourth-order valence-electron chi connectivity index (χ4n) is 2.55. The van der Waals surface area contributed by atoms with E-state index in [1.165, 1.54) is 0 Å². The van der Waals surface area contributed by atoms with Crippen molar-refractivity contribution in [1.29, 1.82) is 0 Å². The van der Waals surface area contributed by atoms with Crippen LogP contribution in [-0.4, -0.2) is 19.9 Å². The summed E-state index contributed by atoms with van der Waals surface area (Å²) in [5, 5.41) is 15.9. The molecular formula is C14H18N4O2. The molecule has 3 rings (SSSR count). The zero-order chi connectivity index (χ0) is 14.1. The minimum atomic E-state index is -0.334. The van der Waals surface area contributed by atoms with Crippen LogP contribution in [0.25, 0.3) is 0 Å². The highest BCUT2D eigenvalue weighted by Gasteiger charge is 2.26. The Morgan fingerprint density at radius 3 is 2.70 bits per heavy atom. The number of phenols is 1. The largest absolute Gasteiger partial charge is 0.508 e. The number of phenolic OH excluding ortho intramolecular Hbond substituents is 1. The average Bonchev–Trinajstić information content (AvgIpc) is 2.73. The summed E-state index contributed by atoms with van der Waals surface area (Å²) in [6.45, 7) is 0. The van der Waals surface area contributed by atoms with Crippen molar-refractivity contribution in [1.82, 2.24) is 14.8 Å². The average molecular weight is 274 g/mol. The van der Waals surface area contributed by atoms with Crippen molar-refractivity contribution in [3.05, 3.63) is 46.1 Å². The van der Waals surface area contributed by atoms with Gasteiger partial charge >= 0.3 is 5.69 Å². The number of nitrogens with two attached hydrogens (primary N) is 1. The van der Waals surface area contributed by atoms with Crippen LogP contribution in [0.1, 0.15) is 42.7 Å². The van der Waals surface area contributed by atoms with Gasteiger partial charge in [-0.25, -0.2) is 9.89 Å². The van der Waals surface area contributed by atoms with E-state index in [9.17, 15) is 9.90 Å². The van der Waals surface area contributed by atoms with E-state index in [0.717, 1.165) is 24.8 Å². The van der Waals surface area contributed by atoms with Crippen LogP contribution in [0.4, 0.5) is 0 Å². The summed E-state index contributed by atoms with van der Waals surface area (Å²) in [5.74, 6) is 0.848. The summed E-state index contributed by atoms with van der Waals surface area (Å²) in [6, 6.07) is 6.82. The van der Waals surface area contributed by atoms with Crippen LogP contribution in [-0.2, 0) is 6.42 Å². The number of benzene rings is 1. The van der Waals surface area contributed by atoms with Crippen molar-refractivity contribution in [3.8, 4) is 5.75 Å². The van der Waals surface area contributed by atoms with E-state index in [4.69, 9.17) is 5.73 Å². The number of aromatic nitrogens is 3. The van der Waals surface area contributed by atoms with E-state index < -0.39 is 0 Å². The predicted molar refractivity (Wildman–Crippen MR) is 74.5 cm³/mol. The predicted octanol–water partition coefficient (Wildman–Crippen LogP) is 1.24. The summed E-state index contributed by atoms with van der Waals surface area (Å²) in [5.41, 5.74) is 7.02. The monoisotopic (exact) mass is 274 g/mol. The van der Waals surface area contributed by atoms with Gasteiger partial charge in [-0.1, -0.05) is 12.1 Å². The zero-order valence-corrected chi connectivity index (χ0v) is 11.1. The molecular weight excluding hydrogens is 256 g/mol. The van der Waals surface area contributed by atoms with Gasteiger partial charge in [-0.3, -0.25) is 4.57 Å². The molecule has 0 spiro atoms. The third-order valence-corrected chi connectivity index (χ3v) is 3.90. The Hall–Kier alpha value is -2.08. The number of aromatic amines is 1. The quantitative estimate of drug-likeness (QED) is 0.781. The summed E-state index contributed by atoms with van der Waals surface area (Å²) in [7, 11) is 0. The van der Waals surface area contributed by atoms with Gasteiger partial charge in [0.1, 0.15) is 5.75 Å². The molecule has 0 amide bonds. The van der Waals surface area contributed by atoms with Crippen LogP contribution in [0.2, 0.25) is 0 Å². The van der Waals surface area contributed by atoms with Gasteiger partial charge in [0.05, 0.1) is 6.04 Å². The van der Waals surface area contributed by atoms with Gasteiger partial charge in [0, 0.05) is 6.04 Å². The first-order chi connectivity index (χ1) is 9.65. The highest BCUT2D eigenvalue weighted by Crippen LogP contribution is 2.32. The second-order valence-electron chi connectivity index (χ2n) is 5.32. The molecule has 2 aromatic rings. The van der Waals surface area contributed by atoms with Crippen LogP contribution in [0, 0.1) is 0 Å². The number of aromatic hydroxyl groups is 1. The molecule has 1 atom stereocenters. The van der Waals surface area contributed by atoms with Crippen molar-refractivity contribution in [2.24, 2.45) is 5.73 Å². The summed E-state index contributed by atoms with van der Waals surface area (Å²) < 4.78 is 1.70. The number of hydrogen-bond donors (Lipinski definition) is 3. The molecule has 106 valence electrons. The molecule has 0 bridgehead atoms. The van der Waals surface area contributed by atoms with E-state index in [-0.39, 0.29) is 23.5 Å². The van der Waals surface area contributed by atoms with Crippen LogP contribution >= 0.6 is 0 Å². The lowest BCUT2D eigenvalue weighted by molar-refractivity contribution is 0.295. The normalized spacial score (nSPS) is 16.9. The second kappa shape index (κ2) is 5.13. The number of H-pyrrole nitrogens is 1. The van der Waals surface area contributed by atoms with Crippen molar-refractivity contribution in [2.45, 2.75) is 37.8 Å². The van der Waals surface area contributed by atoms with E-state index in [1.807, 2.05) is 12.1 Å². The molecule has 1 heterocycles. The van der Waals surface area contributed by atoms with Crippen molar-refractivity contribution < 1.29 is 5.11 Å². The van der Waals surface area contributed by atoms with Crippen LogP contribution < -0.4 is 11.4 Å². The Bertz CT molecular complexity index is 640. The Kier molecular flexibility index (Phi) is 3.31. The first kappa shape index (κ1) is 12.9. The molecule has 1 aliphatic carbocycles. The lowest BCUT2D eigenvalue weighted by Gasteiger charge is -2.28. The summed E-state index contributed by atoms with van der Waals surface area (Å²) in [4.78, 5) is 11.8. The van der Waals surface area contributed by atoms with Crippen molar-refractivity contribution in [2.75, 3.05) is 0 Å². The molecule has 1 saturated carbocycles. The molecule has 0 unspecified atom stereocenters. The number of nitrogens with one attached hydrogen (secondary N) is 1. The van der Waals surface area contributed by atoms with Crippen molar-refractivity contribution >= 4 is 0 Å². The van der Waals surface area contributed by atoms with Crippen LogP contribution in [0.5, 0.6) is 5.75 Å². The molecule has 6 heteroatoms. The Morgan fingerprint density at radius 1 is 1.40 bits per heavy atom. The topological polar surface area (TPSA) is 96.9 Å². The Labute approximate surface area is 116 Å². The molecule has 1 aliphatic rings. The molecule has 6 nitrogen and oxygen atoms in total. The van der Waals surface area contributed by atoms with Gasteiger partial charge in [-0.15, -0.1) is 0 Å². The minimum absolute atomic E-state index is 0.175. The Morgan fingerprint density at radius 2 is 2.10 bits per heavy atom. The molecule has 4 N–H and O–H groups in total. The minimum Gasteiger partial charge on any atom is -0.508 e. The highest BCUT2D eigenvalue weighted by atomic mass is 16.3. The molecule has 0 saturated heterocycles. The van der Waals surface area contributed by atoms with Gasteiger partial charge in [0.25, 0.3) is 0 Å². The van der Waals surface area contributed by atoms with Gasteiger partial charge in [0.15, 0.2) is 5.82 Å². The van der Waals surface area contributed by atoms with Gasteiger partial charge < -0.3 is 10.8 Å². The number of rotatable bonds is 4. The van der Waals surface area contributed by atoms with E-state index in [1.54, 1.807) is 16.7 Å². The number of hydrogen-bond acceptors (Lipinski definition) is 4. The Balaban J connectivity index is 1.81. The standard InChI is InChI=1S/C14H18N4O2/c15-12(8-9-4-6-11(19)7-5-9)13-16-17-14(20)18(13)10-2-1-3-10/h4-7,10,12,19H,1-3,8,15H2,(H,17,20)/t12-/m0/s1. The zero-order valence-electron chi connectivity index (χ0n) is 11.1. The lowest BCUT2D eigenvalue weighted by Crippen LogP contribution is -2.31. The molecule has 20 heavy (non-hydrogen) atoms. The first-order valence-corrected chi connectivity index (χ1v) is 6.85. The van der Waals surface area contributed by atoms with Crippen LogP contribution in [0.3, 0.4) is 0 Å². The van der Waals surface area contributed by atoms with E-state index >= 15 is 0 Å². The third-order valence-electron chi connectivity index (χ3n) is 3.90. The SMILES string of the molecule is N[C@@H](Cc1ccc(O)cc1)c1n[nH]c(=O)n1C1CCC1. The maximum atomic E-state index is 11.8. The number of nitrogens with zero attached hydrogens (tertiary/aromatic N) is 2. The molecule has 1 aromatic carbocycles. The summed E-state index contributed by atoms with van der Waals surface area (Å²) >= 11 is 0. The summed E-state index contributed by atoms with van der Waals surface area (Å²) in [6.07, 6.45) is 3.75. The fraction of sp³-hybridized carbons (Fsp3) is 0.429. The molecule has 0 radical (unpaired) electrons. The lowest BCUT2D eigenvalue weighted by atomic mass is 9.92.